The van der Waals surface area contributed by atoms with Crippen molar-refractivity contribution >= 4 is 158 Å². The molecule has 5 aromatic carbocycles. The van der Waals surface area contributed by atoms with E-state index in [4.69, 9.17) is 68.2 Å². The number of hydrogen-bond donors (Lipinski definition) is 2. The molecule has 626 valence electrons. The highest BCUT2D eigenvalue weighted by Crippen LogP contribution is 2.48. The number of likely N-dealkylation sites (N-methyl/N-ethyl adjacent to an activating group) is 1. The van der Waals surface area contributed by atoms with Crippen LogP contribution in [0.25, 0.3) is 122 Å². The van der Waals surface area contributed by atoms with Crippen molar-refractivity contribution in [3.63, 3.8) is 0 Å². The lowest BCUT2D eigenvalue weighted by atomic mass is 10.1. The summed E-state index contributed by atoms with van der Waals surface area (Å²) in [4.78, 5) is 51.0. The minimum atomic E-state index is -3.25. The number of aromatic nitrogens is 19. The van der Waals surface area contributed by atoms with Gasteiger partial charge < -0.3 is 24.6 Å². The minimum absolute atomic E-state index is 0.0252. The number of alkyl halides is 2. The Morgan fingerprint density at radius 1 is 0.447 bits per heavy atom. The van der Waals surface area contributed by atoms with Crippen molar-refractivity contribution in [2.24, 2.45) is 0 Å². The first-order valence-corrected chi connectivity index (χ1v) is 43.8. The summed E-state index contributed by atoms with van der Waals surface area (Å²) in [6.45, 7) is 9.11. The third kappa shape index (κ3) is 18.1. The number of rotatable bonds is 15. The Kier molecular flexibility index (Phi) is 25.1. The molecular formula is C88H79BrCl5F2N23O3S. The summed E-state index contributed by atoms with van der Waals surface area (Å²) in [6.07, 6.45) is 10.4. The molecule has 26 nitrogen and oxygen atoms in total. The fourth-order valence-electron chi connectivity index (χ4n) is 15.2. The molecule has 2 N–H and O–H groups in total. The molecule has 0 radical (unpaired) electrons. The van der Waals surface area contributed by atoms with E-state index >= 15 is 0 Å². The summed E-state index contributed by atoms with van der Waals surface area (Å²) < 4.78 is 34.0. The number of benzene rings is 5. The predicted molar refractivity (Wildman–Crippen MR) is 479 cm³/mol. The second-order valence-corrected chi connectivity index (χ2v) is 34.7. The highest BCUT2D eigenvalue weighted by atomic mass is 79.9. The number of likely N-dealkylation sites (tertiary alicyclic amines) is 2. The van der Waals surface area contributed by atoms with E-state index in [2.05, 4.69) is 112 Å². The number of aryl methyl sites for hydroxylation is 1. The van der Waals surface area contributed by atoms with Crippen molar-refractivity contribution in [2.75, 3.05) is 59.4 Å². The molecule has 35 heteroatoms. The number of aromatic amines is 2. The SMILES string of the molecule is CC(F)(F)c1nn(CC(=O)N2CCCC2)c2nnc(-c3ccccc3)c(Cl)c12.Cc1ccc(-c2nn(CC(=O)N3CCN(C)CC3)c3nnc(-c4ccccc4)c(Cl)c23)s1.Clc1c(-c2ccccc2)nnc2[nH]cc(Br)c12.Clc1c(-c2ccccc2)nnc2n[nH]c(C3CC3)c12.O=C(Cn1nc(C2CC2)c2c(Cl)c(-c3ccccc3)nnc21)N1CCCC1. The van der Waals surface area contributed by atoms with Crippen LogP contribution >= 0.6 is 85.3 Å². The van der Waals surface area contributed by atoms with E-state index in [-0.39, 0.29) is 53.4 Å². The average Bonchev–Trinajstić information content (AvgIpc) is 1.63. The first kappa shape index (κ1) is 84.0. The normalized spacial score (nSPS) is 14.8. The Morgan fingerprint density at radius 3 is 1.28 bits per heavy atom. The smallest absolute Gasteiger partial charge is 0.289 e. The van der Waals surface area contributed by atoms with E-state index in [1.54, 1.807) is 56.1 Å². The average molecular weight is 1830 g/mol. The van der Waals surface area contributed by atoms with E-state index in [1.807, 2.05) is 143 Å². The van der Waals surface area contributed by atoms with Crippen LogP contribution in [0.4, 0.5) is 8.78 Å². The van der Waals surface area contributed by atoms with Crippen molar-refractivity contribution in [3.05, 3.63) is 222 Å². The lowest BCUT2D eigenvalue weighted by Gasteiger charge is -2.32. The van der Waals surface area contributed by atoms with E-state index in [0.717, 1.165) is 161 Å². The molecular weight excluding hydrogens is 1750 g/mol. The molecule has 123 heavy (non-hydrogen) atoms. The predicted octanol–water partition coefficient (Wildman–Crippen LogP) is 19.1. The molecule has 14 heterocycles. The molecule has 16 aromatic rings. The van der Waals surface area contributed by atoms with Gasteiger partial charge in [0.15, 0.2) is 22.6 Å². The lowest BCUT2D eigenvalue weighted by Crippen LogP contribution is -2.48. The van der Waals surface area contributed by atoms with Crippen LogP contribution in [-0.4, -0.2) is 192 Å². The van der Waals surface area contributed by atoms with Gasteiger partial charge >= 0.3 is 0 Å². The number of hydrogen-bond acceptors (Lipinski definition) is 19. The Morgan fingerprint density at radius 2 is 0.837 bits per heavy atom. The van der Waals surface area contributed by atoms with E-state index in [0.29, 0.717) is 95.9 Å². The van der Waals surface area contributed by atoms with Crippen LogP contribution < -0.4 is 0 Å². The van der Waals surface area contributed by atoms with E-state index in [9.17, 15) is 23.2 Å². The van der Waals surface area contributed by atoms with Gasteiger partial charge in [0.2, 0.25) is 23.4 Å². The maximum atomic E-state index is 14.3. The van der Waals surface area contributed by atoms with Crippen LogP contribution in [0.2, 0.25) is 25.1 Å². The molecule has 0 bridgehead atoms. The van der Waals surface area contributed by atoms with Crippen molar-refractivity contribution in [1.29, 1.82) is 0 Å². The molecule has 11 aromatic heterocycles. The molecule has 3 aliphatic heterocycles. The molecule has 3 amide bonds. The van der Waals surface area contributed by atoms with Gasteiger partial charge in [-0.1, -0.05) is 210 Å². The summed E-state index contributed by atoms with van der Waals surface area (Å²) in [5.74, 6) is -2.36. The van der Waals surface area contributed by atoms with Gasteiger partial charge in [-0.25, -0.2) is 14.0 Å². The molecule has 0 spiro atoms. The molecule has 5 aliphatic rings. The molecule has 5 fully saturated rings. The van der Waals surface area contributed by atoms with Crippen molar-refractivity contribution < 1.29 is 23.2 Å². The Bertz CT molecular complexity index is 6550. The van der Waals surface area contributed by atoms with Crippen molar-refractivity contribution in [1.82, 2.24) is 115 Å². The third-order valence-electron chi connectivity index (χ3n) is 22.0. The molecule has 2 saturated carbocycles. The first-order valence-electron chi connectivity index (χ1n) is 40.3. The zero-order chi connectivity index (χ0) is 85.2. The number of halogens is 8. The number of nitrogens with zero attached hydrogens (tertiary/aromatic N) is 21. The van der Waals surface area contributed by atoms with Crippen LogP contribution in [-0.2, 0) is 39.9 Å². The third-order valence-corrected chi connectivity index (χ3v) is 25.4. The maximum Gasteiger partial charge on any atom is 0.289 e. The largest absolute Gasteiger partial charge is 0.343 e. The molecule has 0 atom stereocenters. The Balaban J connectivity index is 0.000000111. The zero-order valence-corrected chi connectivity index (χ0v) is 73.0. The standard InChI is InChI=1S/C23H23ClN6OS.C20H20ClN5O.C19H18ClF2N5O.C14H11ClN4.C12H7BrClN3/c1-15-8-9-17(32-15)22-19-20(24)21(16-6-4-3-5-7-16)25-26-23(19)30(27-22)14-18(31)29-12-10-28(2)11-13-29;21-17-16-18(14-8-9-14)24-26(12-15(27)25-10-4-5-11-25)20(16)23-22-19(17)13-6-2-1-3-7-13;1-19(21,22)17-14-15(20)16(12-7-3-2-4-8-12)23-24-18(14)27(25-17)11-13(28)26-9-5-6-10-26;15-11-10-12(9-6-7-9)16-18-14(10)19-17-13(11)8-4-2-1-3-5-8;13-8-6-15-12-9(8)10(14)11(16-17-12)7-4-2-1-3-5-7/h3-9H,10-14H2,1-2H3;1-3,6-7,14H,4-5,8-12H2;2-4,7-8H,5-6,9-11H2,1H3;1-5,9H,6-7H2,(H,16,18,19);1-6H,(H,15,17). The van der Waals surface area contributed by atoms with Gasteiger partial charge in [0.1, 0.15) is 59.5 Å². The topological polar surface area (TPSA) is 291 Å². The fraction of sp³-hybridized carbons (Fsp3) is 0.284. The lowest BCUT2D eigenvalue weighted by molar-refractivity contribution is -0.133. The van der Waals surface area contributed by atoms with Gasteiger partial charge in [-0.05, 0) is 93.4 Å². The summed E-state index contributed by atoms with van der Waals surface area (Å²) >= 11 is 38.1. The van der Waals surface area contributed by atoms with Crippen molar-refractivity contribution in [3.8, 4) is 66.9 Å². The van der Waals surface area contributed by atoms with Crippen LogP contribution in [0.5, 0.6) is 0 Å². The number of thiophene rings is 1. The minimum Gasteiger partial charge on any atom is -0.343 e. The molecule has 21 rings (SSSR count). The Hall–Kier alpha value is -11.2. The van der Waals surface area contributed by atoms with Crippen molar-refractivity contribution in [2.45, 2.75) is 103 Å². The number of fused-ring (bicyclic) bond motifs is 5. The monoisotopic (exact) mass is 1830 g/mol. The molecule has 3 saturated heterocycles. The van der Waals surface area contributed by atoms with Crippen LogP contribution in [0, 0.1) is 6.92 Å². The summed E-state index contributed by atoms with van der Waals surface area (Å²) in [5, 5.41) is 69.1. The second kappa shape index (κ2) is 36.7. The number of carbonyl (C=O) groups is 3. The molecule has 0 unspecified atom stereocenters. The van der Waals surface area contributed by atoms with Gasteiger partial charge in [0, 0.05) is 120 Å². The van der Waals surface area contributed by atoms with Gasteiger partial charge in [-0.15, -0.1) is 62.3 Å². The highest BCUT2D eigenvalue weighted by Gasteiger charge is 2.37. The summed E-state index contributed by atoms with van der Waals surface area (Å²) in [7, 11) is 2.07. The van der Waals surface area contributed by atoms with E-state index < -0.39 is 11.6 Å². The summed E-state index contributed by atoms with van der Waals surface area (Å²) in [6, 6.07) is 52.3. The molecule has 2 aliphatic carbocycles. The maximum absolute atomic E-state index is 14.3. The quantitative estimate of drug-likeness (QED) is 0.0964. The van der Waals surface area contributed by atoms with E-state index in [1.165, 1.54) is 22.4 Å². The number of amides is 3. The number of H-pyrrole nitrogens is 2. The van der Waals surface area contributed by atoms with Gasteiger partial charge in [0.25, 0.3) is 5.92 Å². The van der Waals surface area contributed by atoms with Crippen LogP contribution in [0.15, 0.2) is 174 Å². The number of nitrogens with one attached hydrogen (secondary N) is 2. The second-order valence-electron chi connectivity index (χ2n) is 30.7. The number of carbonyl (C=O) groups excluding carboxylic acids is 3. The summed E-state index contributed by atoms with van der Waals surface area (Å²) in [5.41, 5.74) is 12.2. The van der Waals surface area contributed by atoms with Gasteiger partial charge in [-0.3, -0.25) is 19.5 Å². The van der Waals surface area contributed by atoms with Crippen LogP contribution in [0.3, 0.4) is 0 Å². The first-order chi connectivity index (χ1) is 59.7. The van der Waals surface area contributed by atoms with Crippen LogP contribution in [0.1, 0.15) is 92.1 Å². The Labute approximate surface area is 741 Å². The van der Waals surface area contributed by atoms with Gasteiger partial charge in [0.05, 0.1) is 62.6 Å². The van der Waals surface area contributed by atoms with Gasteiger partial charge in [-0.2, -0.15) is 29.2 Å². The highest BCUT2D eigenvalue weighted by molar-refractivity contribution is 9.10. The zero-order valence-electron chi connectivity index (χ0n) is 66.8. The number of piperazine rings is 1. The fourth-order valence-corrected chi connectivity index (χ4v) is 18.3.